The Labute approximate surface area is 351 Å². The van der Waals surface area contributed by atoms with Crippen molar-refractivity contribution in [2.45, 2.75) is 71.1 Å². The second-order valence-corrected chi connectivity index (χ2v) is 15.5. The number of unbranched alkanes of at least 4 members (excludes halogenated alkanes) is 1. The Hall–Kier alpha value is -5.96. The van der Waals surface area contributed by atoms with E-state index in [0.29, 0.717) is 69.4 Å². The number of aromatic hydroxyl groups is 1. The van der Waals surface area contributed by atoms with Crippen LogP contribution in [0.15, 0.2) is 78.9 Å². The molecule has 1 fully saturated rings. The van der Waals surface area contributed by atoms with Gasteiger partial charge in [-0.2, -0.15) is 0 Å². The number of likely N-dealkylation sites (tertiary alicyclic amines) is 1. The van der Waals surface area contributed by atoms with Crippen LogP contribution in [0.3, 0.4) is 0 Å². The number of rotatable bonds is 17. The number of piperidine rings is 1. The van der Waals surface area contributed by atoms with E-state index in [4.69, 9.17) is 9.47 Å². The number of carbonyl (C=O) groups is 4. The maximum absolute atomic E-state index is 12.9. The Morgan fingerprint density at radius 1 is 0.933 bits per heavy atom. The number of anilines is 3. The minimum Gasteiger partial charge on any atom is -0.506 e. The first kappa shape index (κ1) is 43.6. The molecular formula is C46H56N6O8. The number of phenolic OH excluding ortho intramolecular Hbond substituents is 1. The number of carbonyl (C=O) groups excluding carboxylic acids is 4. The molecule has 4 aromatic rings. The van der Waals surface area contributed by atoms with Gasteiger partial charge >= 0.3 is 6.09 Å². The zero-order valence-electron chi connectivity index (χ0n) is 34.6. The van der Waals surface area contributed by atoms with Crippen molar-refractivity contribution in [2.24, 2.45) is 0 Å². The second kappa shape index (κ2) is 20.8. The monoisotopic (exact) mass is 820 g/mol. The van der Waals surface area contributed by atoms with Gasteiger partial charge < -0.3 is 45.4 Å². The number of aliphatic hydroxyl groups is 1. The van der Waals surface area contributed by atoms with Crippen molar-refractivity contribution < 1.29 is 38.9 Å². The van der Waals surface area contributed by atoms with Gasteiger partial charge in [-0.1, -0.05) is 54.6 Å². The number of phenols is 1. The summed E-state index contributed by atoms with van der Waals surface area (Å²) < 4.78 is 11.3. The van der Waals surface area contributed by atoms with Crippen molar-refractivity contribution in [3.05, 3.63) is 101 Å². The molecule has 4 amide bonds. The number of aryl methyl sites for hydroxylation is 2. The highest BCUT2D eigenvalue weighted by molar-refractivity contribution is 5.97. The highest BCUT2D eigenvalue weighted by Gasteiger charge is 2.26. The summed E-state index contributed by atoms with van der Waals surface area (Å²) in [6.45, 7) is 7.09. The second-order valence-electron chi connectivity index (χ2n) is 15.5. The first-order valence-electron chi connectivity index (χ1n) is 20.6. The molecular weight excluding hydrogens is 765 g/mol. The smallest absolute Gasteiger partial charge is 0.411 e. The van der Waals surface area contributed by atoms with Crippen LogP contribution in [0, 0.1) is 13.8 Å². The van der Waals surface area contributed by atoms with E-state index >= 15 is 0 Å². The highest BCUT2D eigenvalue weighted by atomic mass is 16.6. The first-order valence-corrected chi connectivity index (χ1v) is 20.6. The van der Waals surface area contributed by atoms with E-state index in [-0.39, 0.29) is 54.2 Å². The molecule has 0 spiro atoms. The van der Waals surface area contributed by atoms with Crippen LogP contribution in [-0.4, -0.2) is 96.3 Å². The molecule has 60 heavy (non-hydrogen) atoms. The quantitative estimate of drug-likeness (QED) is 0.0508. The summed E-state index contributed by atoms with van der Waals surface area (Å²) >= 11 is 0. The van der Waals surface area contributed by atoms with Gasteiger partial charge in [-0.3, -0.25) is 19.7 Å². The summed E-state index contributed by atoms with van der Waals surface area (Å²) in [6.07, 6.45) is 1.91. The molecule has 4 aromatic carbocycles. The first-order chi connectivity index (χ1) is 28.9. The number of nitrogens with one attached hydrogen (secondary N) is 4. The van der Waals surface area contributed by atoms with Crippen LogP contribution in [0.25, 0.3) is 11.1 Å². The molecule has 6 N–H and O–H groups in total. The molecule has 1 saturated heterocycles. The normalized spacial score (nSPS) is 14.6. The summed E-state index contributed by atoms with van der Waals surface area (Å²) in [5, 5.41) is 32.8. The molecule has 0 radical (unpaired) electrons. The number of para-hydroxylation sites is 1. The van der Waals surface area contributed by atoms with Gasteiger partial charge in [0.1, 0.15) is 17.5 Å². The van der Waals surface area contributed by atoms with Gasteiger partial charge in [0.2, 0.25) is 11.8 Å². The number of hydrogen-bond donors (Lipinski definition) is 6. The Morgan fingerprint density at radius 3 is 2.47 bits per heavy atom. The SMILES string of the molecule is Cc1cc(NC(=O)CCCCN(C)C(=O)CCN2CCC(OC(=O)Nc3ccccc3-c3ccccc3)CC2)c(C)cc1CNC[C@H](O)c1ccc(O)c2c1OCC(=O)N2. The van der Waals surface area contributed by atoms with Crippen LogP contribution in [0.4, 0.5) is 21.9 Å². The Kier molecular flexibility index (Phi) is 15.1. The number of benzene rings is 4. The maximum atomic E-state index is 12.9. The minimum atomic E-state index is -0.943. The zero-order chi connectivity index (χ0) is 42.6. The van der Waals surface area contributed by atoms with E-state index in [1.54, 1.807) is 18.0 Å². The molecule has 0 aromatic heterocycles. The van der Waals surface area contributed by atoms with Crippen LogP contribution in [0.5, 0.6) is 11.5 Å². The summed E-state index contributed by atoms with van der Waals surface area (Å²) in [5.74, 6) is -0.268. The average molecular weight is 821 g/mol. The molecule has 318 valence electrons. The fourth-order valence-corrected chi connectivity index (χ4v) is 7.51. The van der Waals surface area contributed by atoms with Crippen molar-refractivity contribution in [2.75, 3.05) is 62.3 Å². The number of ether oxygens (including phenoxy) is 2. The van der Waals surface area contributed by atoms with Crippen LogP contribution in [0.1, 0.15) is 66.9 Å². The van der Waals surface area contributed by atoms with E-state index in [0.717, 1.165) is 46.6 Å². The number of hydrogen-bond acceptors (Lipinski definition) is 10. The number of amides is 4. The number of aliphatic hydroxyl groups excluding tert-OH is 1. The molecule has 6 rings (SSSR count). The third-order valence-electron chi connectivity index (χ3n) is 11.0. The van der Waals surface area contributed by atoms with Crippen LogP contribution in [0.2, 0.25) is 0 Å². The molecule has 2 heterocycles. The maximum Gasteiger partial charge on any atom is 0.411 e. The molecule has 1 atom stereocenters. The molecule has 14 heteroatoms. The number of nitrogens with zero attached hydrogens (tertiary/aromatic N) is 2. The molecule has 2 aliphatic rings. The van der Waals surface area contributed by atoms with E-state index in [2.05, 4.69) is 26.2 Å². The minimum absolute atomic E-state index is 0.0627. The third kappa shape index (κ3) is 11.8. The van der Waals surface area contributed by atoms with Crippen molar-refractivity contribution in [3.63, 3.8) is 0 Å². The zero-order valence-corrected chi connectivity index (χ0v) is 34.6. The van der Waals surface area contributed by atoms with Crippen molar-refractivity contribution >= 4 is 40.9 Å². The Balaban J connectivity index is 0.840. The molecule has 0 unspecified atom stereocenters. The Morgan fingerprint density at radius 2 is 1.68 bits per heavy atom. The fourth-order valence-electron chi connectivity index (χ4n) is 7.51. The van der Waals surface area contributed by atoms with E-state index in [1.807, 2.05) is 80.6 Å². The Bertz CT molecular complexity index is 2140. The average Bonchev–Trinajstić information content (AvgIpc) is 3.24. The van der Waals surface area contributed by atoms with Gasteiger partial charge in [-0.25, -0.2) is 4.79 Å². The van der Waals surface area contributed by atoms with E-state index in [1.165, 1.54) is 6.07 Å². The predicted molar refractivity (Wildman–Crippen MR) is 231 cm³/mol. The number of fused-ring (bicyclic) bond motifs is 1. The van der Waals surface area contributed by atoms with Crippen LogP contribution >= 0.6 is 0 Å². The summed E-state index contributed by atoms with van der Waals surface area (Å²) in [4.78, 5) is 54.2. The highest BCUT2D eigenvalue weighted by Crippen LogP contribution is 2.41. The molecule has 14 nitrogen and oxygen atoms in total. The van der Waals surface area contributed by atoms with Gasteiger partial charge in [-0.15, -0.1) is 0 Å². The summed E-state index contributed by atoms with van der Waals surface area (Å²) in [7, 11) is 1.80. The van der Waals surface area contributed by atoms with Crippen LogP contribution < -0.4 is 26.0 Å². The van der Waals surface area contributed by atoms with Gasteiger partial charge in [0.15, 0.2) is 12.4 Å². The lowest BCUT2D eigenvalue weighted by atomic mass is 10.0. The molecule has 0 aliphatic carbocycles. The molecule has 0 bridgehead atoms. The lowest BCUT2D eigenvalue weighted by molar-refractivity contribution is -0.130. The molecule has 2 aliphatic heterocycles. The molecule has 0 saturated carbocycles. The summed E-state index contributed by atoms with van der Waals surface area (Å²) in [6, 6.07) is 24.5. The lowest BCUT2D eigenvalue weighted by Crippen LogP contribution is -2.40. The standard InChI is InChI=1S/C46H56N6O8/c1-30-26-38(31(2)25-33(30)27-47-28-40(54)36-16-17-39(53)44-45(36)59-29-42(56)50-44)48-41(55)15-9-10-21-51(3)43(57)20-24-52-22-18-34(19-23-52)60-46(58)49-37-14-8-7-13-35(37)32-11-5-4-6-12-32/h4-8,11-14,16-17,25-26,34,40,47,53-54H,9-10,15,18-24,27-29H2,1-3H3,(H,48,55)(H,49,58)(H,50,56)/t40-/m0/s1. The van der Waals surface area contributed by atoms with E-state index in [9.17, 15) is 29.4 Å². The van der Waals surface area contributed by atoms with Crippen molar-refractivity contribution in [1.82, 2.24) is 15.1 Å². The topological polar surface area (TPSA) is 182 Å². The largest absolute Gasteiger partial charge is 0.506 e. The van der Waals surface area contributed by atoms with Gasteiger partial charge in [0, 0.05) is 76.0 Å². The van der Waals surface area contributed by atoms with Crippen molar-refractivity contribution in [3.8, 4) is 22.6 Å². The van der Waals surface area contributed by atoms with Crippen LogP contribution in [-0.2, 0) is 25.7 Å². The summed E-state index contributed by atoms with van der Waals surface area (Å²) in [5.41, 5.74) is 6.91. The van der Waals surface area contributed by atoms with E-state index < -0.39 is 12.2 Å². The van der Waals surface area contributed by atoms with Gasteiger partial charge in [0.25, 0.3) is 5.91 Å². The van der Waals surface area contributed by atoms with Crippen molar-refractivity contribution in [1.29, 1.82) is 0 Å². The predicted octanol–water partition coefficient (Wildman–Crippen LogP) is 6.50. The van der Waals surface area contributed by atoms with Gasteiger partial charge in [0.05, 0.1) is 11.8 Å². The van der Waals surface area contributed by atoms with Gasteiger partial charge in [-0.05, 0) is 86.1 Å². The lowest BCUT2D eigenvalue weighted by Gasteiger charge is -2.31. The fraction of sp³-hybridized carbons (Fsp3) is 0.391. The third-order valence-corrected chi connectivity index (χ3v) is 11.0.